The van der Waals surface area contributed by atoms with Gasteiger partial charge in [-0.2, -0.15) is 15.0 Å². The Morgan fingerprint density at radius 1 is 1.24 bits per heavy atom. The monoisotopic (exact) mass is 291 g/mol. The number of ether oxygens (including phenoxy) is 1. The highest BCUT2D eigenvalue weighted by Gasteiger charge is 2.12. The molecular weight excluding hydrogens is 273 g/mol. The predicted molar refractivity (Wildman–Crippen MR) is 79.6 cm³/mol. The number of anilines is 3. The molecule has 0 atom stereocenters. The van der Waals surface area contributed by atoms with Crippen molar-refractivity contribution < 1.29 is 9.13 Å². The van der Waals surface area contributed by atoms with E-state index in [1.54, 1.807) is 24.1 Å². The molecule has 0 aliphatic heterocycles. The molecule has 0 spiro atoms. The second-order valence-electron chi connectivity index (χ2n) is 4.24. The number of aromatic nitrogens is 3. The second-order valence-corrected chi connectivity index (χ2v) is 4.24. The van der Waals surface area contributed by atoms with Gasteiger partial charge < -0.3 is 15.0 Å². The van der Waals surface area contributed by atoms with E-state index in [0.29, 0.717) is 30.7 Å². The Kier molecular flexibility index (Phi) is 4.86. The van der Waals surface area contributed by atoms with Crippen LogP contribution in [0.1, 0.15) is 13.8 Å². The molecule has 2 rings (SSSR count). The van der Waals surface area contributed by atoms with Crippen LogP contribution in [-0.4, -0.2) is 35.2 Å². The van der Waals surface area contributed by atoms with E-state index in [1.807, 2.05) is 13.8 Å². The van der Waals surface area contributed by atoms with E-state index in [-0.39, 0.29) is 11.8 Å². The van der Waals surface area contributed by atoms with Gasteiger partial charge in [0.05, 0.1) is 6.61 Å². The minimum Gasteiger partial charge on any atom is -0.464 e. The molecule has 2 aromatic rings. The molecule has 0 aliphatic rings. The van der Waals surface area contributed by atoms with Crippen LogP contribution in [0.15, 0.2) is 24.3 Å². The van der Waals surface area contributed by atoms with E-state index >= 15 is 0 Å². The Balaban J connectivity index is 2.36. The summed E-state index contributed by atoms with van der Waals surface area (Å²) < 4.78 is 18.7. The lowest BCUT2D eigenvalue weighted by atomic mass is 10.3. The molecule has 112 valence electrons. The average Bonchev–Trinajstić information content (AvgIpc) is 2.47. The van der Waals surface area contributed by atoms with E-state index in [9.17, 15) is 4.39 Å². The Bertz CT molecular complexity index is 583. The zero-order chi connectivity index (χ0) is 15.2. The molecule has 0 fully saturated rings. The van der Waals surface area contributed by atoms with Gasteiger partial charge in [-0.3, -0.25) is 0 Å². The van der Waals surface area contributed by atoms with E-state index in [1.165, 1.54) is 12.1 Å². The Morgan fingerprint density at radius 2 is 2.05 bits per heavy atom. The summed E-state index contributed by atoms with van der Waals surface area (Å²) in [6.07, 6.45) is 0. The molecule has 0 aliphatic carbocycles. The summed E-state index contributed by atoms with van der Waals surface area (Å²) in [7, 11) is 1.76. The summed E-state index contributed by atoms with van der Waals surface area (Å²) in [6, 6.07) is 6.45. The summed E-state index contributed by atoms with van der Waals surface area (Å²) in [5.74, 6) is 0.495. The molecule has 1 N–H and O–H groups in total. The lowest BCUT2D eigenvalue weighted by Gasteiger charge is -2.18. The number of nitrogens with zero attached hydrogens (tertiary/aromatic N) is 4. The Morgan fingerprint density at radius 3 is 2.71 bits per heavy atom. The first kappa shape index (κ1) is 15.0. The minimum atomic E-state index is -0.314. The molecule has 0 unspecified atom stereocenters. The van der Waals surface area contributed by atoms with Gasteiger partial charge >= 0.3 is 6.01 Å². The smallest absolute Gasteiger partial charge is 0.323 e. The third-order valence-electron chi connectivity index (χ3n) is 2.71. The first-order chi connectivity index (χ1) is 10.1. The van der Waals surface area contributed by atoms with Crippen LogP contribution >= 0.6 is 0 Å². The van der Waals surface area contributed by atoms with Crippen molar-refractivity contribution in [2.24, 2.45) is 0 Å². The normalized spacial score (nSPS) is 10.3. The lowest BCUT2D eigenvalue weighted by molar-refractivity contribution is 0.312. The van der Waals surface area contributed by atoms with Crippen LogP contribution in [-0.2, 0) is 0 Å². The van der Waals surface area contributed by atoms with Crippen LogP contribution in [0.3, 0.4) is 0 Å². The Hall–Kier alpha value is -2.44. The van der Waals surface area contributed by atoms with Crippen molar-refractivity contribution in [1.82, 2.24) is 15.0 Å². The average molecular weight is 291 g/mol. The predicted octanol–water partition coefficient (Wildman–Crippen LogP) is 2.61. The minimum absolute atomic E-state index is 0.238. The van der Waals surface area contributed by atoms with Gasteiger partial charge in [0, 0.05) is 19.3 Å². The first-order valence-electron chi connectivity index (χ1n) is 6.76. The fraction of sp³-hybridized carbons (Fsp3) is 0.357. The highest BCUT2D eigenvalue weighted by atomic mass is 19.1. The molecule has 0 radical (unpaired) electrons. The first-order valence-corrected chi connectivity index (χ1v) is 6.76. The number of hydrogen-bond acceptors (Lipinski definition) is 6. The SMILES string of the molecule is CCNc1nc(OCC)nc(N(C)c2cccc(F)c2)n1. The van der Waals surface area contributed by atoms with Gasteiger partial charge in [0.15, 0.2) is 0 Å². The van der Waals surface area contributed by atoms with Gasteiger partial charge in [-0.15, -0.1) is 0 Å². The number of nitrogens with one attached hydrogen (secondary N) is 1. The standard InChI is InChI=1S/C14H18FN5O/c1-4-16-12-17-13(19-14(18-12)21-5-2)20(3)11-8-6-7-10(15)9-11/h6-9H,4-5H2,1-3H3,(H,16,17,18,19). The largest absolute Gasteiger partial charge is 0.464 e. The Labute approximate surface area is 123 Å². The second kappa shape index (κ2) is 6.83. The summed E-state index contributed by atoms with van der Waals surface area (Å²) in [4.78, 5) is 14.4. The van der Waals surface area contributed by atoms with Crippen molar-refractivity contribution in [2.45, 2.75) is 13.8 Å². The molecule has 1 heterocycles. The molecule has 1 aromatic heterocycles. The molecule has 0 saturated heterocycles. The fourth-order valence-electron chi connectivity index (χ4n) is 1.73. The number of hydrogen-bond donors (Lipinski definition) is 1. The number of benzene rings is 1. The summed E-state index contributed by atoms with van der Waals surface area (Å²) in [6.45, 7) is 4.93. The van der Waals surface area contributed by atoms with Crippen molar-refractivity contribution in [3.8, 4) is 6.01 Å². The number of rotatable bonds is 6. The zero-order valence-corrected chi connectivity index (χ0v) is 12.3. The van der Waals surface area contributed by atoms with Crippen LogP contribution in [0, 0.1) is 5.82 Å². The summed E-state index contributed by atoms with van der Waals surface area (Å²) in [5, 5.41) is 3.02. The van der Waals surface area contributed by atoms with E-state index in [0.717, 1.165) is 0 Å². The maximum Gasteiger partial charge on any atom is 0.323 e. The van der Waals surface area contributed by atoms with Crippen molar-refractivity contribution in [3.63, 3.8) is 0 Å². The maximum absolute atomic E-state index is 13.3. The third kappa shape index (κ3) is 3.77. The van der Waals surface area contributed by atoms with Crippen molar-refractivity contribution >= 4 is 17.6 Å². The topological polar surface area (TPSA) is 63.2 Å². The van der Waals surface area contributed by atoms with Crippen molar-refractivity contribution in [2.75, 3.05) is 30.4 Å². The van der Waals surface area contributed by atoms with Crippen molar-refractivity contribution in [1.29, 1.82) is 0 Å². The van der Waals surface area contributed by atoms with Crippen LogP contribution in [0.2, 0.25) is 0 Å². The molecule has 21 heavy (non-hydrogen) atoms. The van der Waals surface area contributed by atoms with Gasteiger partial charge in [0.2, 0.25) is 11.9 Å². The molecule has 1 aromatic carbocycles. The van der Waals surface area contributed by atoms with Crippen LogP contribution < -0.4 is 15.0 Å². The van der Waals surface area contributed by atoms with E-state index in [2.05, 4.69) is 20.3 Å². The van der Waals surface area contributed by atoms with E-state index < -0.39 is 0 Å². The summed E-state index contributed by atoms with van der Waals surface area (Å²) >= 11 is 0. The van der Waals surface area contributed by atoms with Crippen molar-refractivity contribution in [3.05, 3.63) is 30.1 Å². The van der Waals surface area contributed by atoms with Crippen LogP contribution in [0.25, 0.3) is 0 Å². The fourth-order valence-corrected chi connectivity index (χ4v) is 1.73. The van der Waals surface area contributed by atoms with Gasteiger partial charge in [-0.25, -0.2) is 4.39 Å². The molecule has 0 bridgehead atoms. The number of halogens is 1. The quantitative estimate of drug-likeness (QED) is 0.882. The molecule has 0 amide bonds. The third-order valence-corrected chi connectivity index (χ3v) is 2.71. The highest BCUT2D eigenvalue weighted by Crippen LogP contribution is 2.23. The molecular formula is C14H18FN5O. The van der Waals surface area contributed by atoms with Gasteiger partial charge in [-0.1, -0.05) is 6.07 Å². The van der Waals surface area contributed by atoms with Crippen LogP contribution in [0.4, 0.5) is 22.0 Å². The highest BCUT2D eigenvalue weighted by molar-refractivity contribution is 5.57. The molecule has 6 nitrogen and oxygen atoms in total. The van der Waals surface area contributed by atoms with Crippen LogP contribution in [0.5, 0.6) is 6.01 Å². The maximum atomic E-state index is 13.3. The van der Waals surface area contributed by atoms with E-state index in [4.69, 9.17) is 4.74 Å². The van der Waals surface area contributed by atoms with Gasteiger partial charge in [-0.05, 0) is 32.0 Å². The van der Waals surface area contributed by atoms with Gasteiger partial charge in [0.1, 0.15) is 5.82 Å². The lowest BCUT2D eigenvalue weighted by Crippen LogP contribution is -2.16. The molecule has 7 heteroatoms. The zero-order valence-electron chi connectivity index (χ0n) is 12.3. The van der Waals surface area contributed by atoms with Gasteiger partial charge in [0.25, 0.3) is 0 Å². The summed E-state index contributed by atoms with van der Waals surface area (Å²) in [5.41, 5.74) is 0.645. The molecule has 0 saturated carbocycles.